The Labute approximate surface area is 128 Å². The Morgan fingerprint density at radius 1 is 1.36 bits per heavy atom. The lowest BCUT2D eigenvalue weighted by Gasteiger charge is -2.25. The lowest BCUT2D eigenvalue weighted by Crippen LogP contribution is -2.19. The number of nitrogens with zero attached hydrogens (tertiary/aromatic N) is 2. The molecule has 0 fully saturated rings. The number of aryl methyl sites for hydroxylation is 1. The molecule has 0 spiro atoms. The third kappa shape index (κ3) is 2.52. The van der Waals surface area contributed by atoms with E-state index in [0.717, 1.165) is 35.7 Å². The minimum atomic E-state index is -0.986. The number of carboxylic acids is 1. The Kier molecular flexibility index (Phi) is 3.75. The number of benzene rings is 1. The maximum Gasteiger partial charge on any atom is 0.356 e. The zero-order valence-corrected chi connectivity index (χ0v) is 12.6. The van der Waals surface area contributed by atoms with Crippen molar-refractivity contribution in [3.05, 3.63) is 41.5 Å². The van der Waals surface area contributed by atoms with Gasteiger partial charge >= 0.3 is 5.97 Å². The van der Waals surface area contributed by atoms with Crippen molar-refractivity contribution in [3.63, 3.8) is 0 Å². The Bertz CT molecular complexity index is 708. The fraction of sp³-hybridized carbons (Fsp3) is 0.375. The lowest BCUT2D eigenvalue weighted by molar-refractivity contribution is 0.0691. The van der Waals surface area contributed by atoms with E-state index >= 15 is 0 Å². The molecule has 0 radical (unpaired) electrons. The number of hydrogen-bond donors (Lipinski definition) is 1. The van der Waals surface area contributed by atoms with Crippen LogP contribution < -0.4 is 9.47 Å². The monoisotopic (exact) mass is 302 g/mol. The smallest absolute Gasteiger partial charge is 0.356 e. The van der Waals surface area contributed by atoms with Crippen molar-refractivity contribution in [1.82, 2.24) is 9.55 Å². The molecule has 6 heteroatoms. The number of imidazole rings is 1. The average molecular weight is 302 g/mol. The van der Waals surface area contributed by atoms with E-state index in [9.17, 15) is 4.79 Å². The molecule has 1 aromatic heterocycles. The SMILES string of the molecule is COc1ccc(C2CCc3nc(C(=O)O)cn3C2)c(OC)c1. The molecule has 0 aliphatic carbocycles. The number of aromatic nitrogens is 2. The molecule has 22 heavy (non-hydrogen) atoms. The van der Waals surface area contributed by atoms with Gasteiger partial charge in [-0.15, -0.1) is 0 Å². The number of ether oxygens (including phenoxy) is 2. The number of fused-ring (bicyclic) bond motifs is 1. The van der Waals surface area contributed by atoms with Gasteiger partial charge in [0.05, 0.1) is 14.2 Å². The van der Waals surface area contributed by atoms with Crippen molar-refractivity contribution in [2.45, 2.75) is 25.3 Å². The van der Waals surface area contributed by atoms with Crippen molar-refractivity contribution in [1.29, 1.82) is 0 Å². The Hall–Kier alpha value is -2.50. The van der Waals surface area contributed by atoms with E-state index < -0.39 is 5.97 Å². The van der Waals surface area contributed by atoms with E-state index in [1.54, 1.807) is 20.4 Å². The molecule has 1 unspecified atom stereocenters. The van der Waals surface area contributed by atoms with E-state index in [4.69, 9.17) is 14.6 Å². The van der Waals surface area contributed by atoms with Gasteiger partial charge in [-0.2, -0.15) is 0 Å². The van der Waals surface area contributed by atoms with Gasteiger partial charge in [0, 0.05) is 31.1 Å². The average Bonchev–Trinajstić information content (AvgIpc) is 2.97. The predicted octanol–water partition coefficient (Wildman–Crippen LogP) is 2.33. The highest BCUT2D eigenvalue weighted by molar-refractivity contribution is 5.85. The summed E-state index contributed by atoms with van der Waals surface area (Å²) in [6.45, 7) is 0.707. The van der Waals surface area contributed by atoms with E-state index in [1.807, 2.05) is 22.8 Å². The molecule has 1 atom stereocenters. The van der Waals surface area contributed by atoms with Gasteiger partial charge in [-0.05, 0) is 18.1 Å². The third-order valence-electron chi connectivity index (χ3n) is 4.09. The maximum absolute atomic E-state index is 11.0. The fourth-order valence-corrected chi connectivity index (χ4v) is 2.96. The molecule has 1 aromatic carbocycles. The second-order valence-corrected chi connectivity index (χ2v) is 5.34. The molecular weight excluding hydrogens is 284 g/mol. The zero-order valence-electron chi connectivity index (χ0n) is 12.6. The topological polar surface area (TPSA) is 73.6 Å². The minimum Gasteiger partial charge on any atom is -0.497 e. The highest BCUT2D eigenvalue weighted by atomic mass is 16.5. The van der Waals surface area contributed by atoms with Gasteiger partial charge in [-0.25, -0.2) is 9.78 Å². The normalized spacial score (nSPS) is 16.9. The first-order chi connectivity index (χ1) is 10.6. The van der Waals surface area contributed by atoms with Gasteiger partial charge in [0.25, 0.3) is 0 Å². The Morgan fingerprint density at radius 2 is 2.18 bits per heavy atom. The first kappa shape index (κ1) is 14.4. The molecule has 0 bridgehead atoms. The van der Waals surface area contributed by atoms with E-state index in [0.29, 0.717) is 6.54 Å². The molecule has 0 saturated heterocycles. The van der Waals surface area contributed by atoms with Crippen LogP contribution in [0.5, 0.6) is 11.5 Å². The Morgan fingerprint density at radius 3 is 2.86 bits per heavy atom. The van der Waals surface area contributed by atoms with Crippen LogP contribution in [0.3, 0.4) is 0 Å². The predicted molar refractivity (Wildman–Crippen MR) is 79.8 cm³/mol. The Balaban J connectivity index is 1.89. The van der Waals surface area contributed by atoms with Crippen LogP contribution in [0.15, 0.2) is 24.4 Å². The first-order valence-corrected chi connectivity index (χ1v) is 7.13. The van der Waals surface area contributed by atoms with Crippen molar-refractivity contribution in [3.8, 4) is 11.5 Å². The summed E-state index contributed by atoms with van der Waals surface area (Å²) in [5.41, 5.74) is 1.22. The molecule has 1 N–H and O–H groups in total. The molecule has 1 aliphatic rings. The summed E-state index contributed by atoms with van der Waals surface area (Å²) in [6, 6.07) is 5.81. The van der Waals surface area contributed by atoms with Crippen LogP contribution in [0.4, 0.5) is 0 Å². The minimum absolute atomic E-state index is 0.109. The summed E-state index contributed by atoms with van der Waals surface area (Å²) < 4.78 is 12.6. The summed E-state index contributed by atoms with van der Waals surface area (Å²) in [4.78, 5) is 15.2. The van der Waals surface area contributed by atoms with Crippen LogP contribution in [0, 0.1) is 0 Å². The molecule has 2 aromatic rings. The van der Waals surface area contributed by atoms with Crippen molar-refractivity contribution in [2.24, 2.45) is 0 Å². The van der Waals surface area contributed by atoms with Crippen LogP contribution >= 0.6 is 0 Å². The van der Waals surface area contributed by atoms with Crippen LogP contribution in [-0.4, -0.2) is 34.8 Å². The number of rotatable bonds is 4. The summed E-state index contributed by atoms with van der Waals surface area (Å²) in [5.74, 6) is 1.67. The van der Waals surface area contributed by atoms with Gasteiger partial charge in [0.1, 0.15) is 17.3 Å². The molecule has 116 valence electrons. The van der Waals surface area contributed by atoms with Crippen LogP contribution in [0.1, 0.15) is 34.2 Å². The third-order valence-corrected chi connectivity index (χ3v) is 4.09. The van der Waals surface area contributed by atoms with Gasteiger partial charge in [0.2, 0.25) is 0 Å². The lowest BCUT2D eigenvalue weighted by atomic mass is 9.91. The first-order valence-electron chi connectivity index (χ1n) is 7.13. The number of hydrogen-bond acceptors (Lipinski definition) is 4. The van der Waals surface area contributed by atoms with Crippen molar-refractivity contribution in [2.75, 3.05) is 14.2 Å². The largest absolute Gasteiger partial charge is 0.497 e. The van der Waals surface area contributed by atoms with Gasteiger partial charge in [-0.3, -0.25) is 0 Å². The second kappa shape index (κ2) is 5.71. The standard InChI is InChI=1S/C16H18N2O4/c1-21-11-4-5-12(14(7-11)22-2)10-3-6-15-17-13(16(19)20)9-18(15)8-10/h4-5,7,9-10H,3,6,8H2,1-2H3,(H,19,20). The quantitative estimate of drug-likeness (QED) is 0.938. The van der Waals surface area contributed by atoms with Gasteiger partial charge in [-0.1, -0.05) is 6.07 Å². The fourth-order valence-electron chi connectivity index (χ4n) is 2.96. The van der Waals surface area contributed by atoms with Crippen molar-refractivity contribution < 1.29 is 19.4 Å². The van der Waals surface area contributed by atoms with Crippen LogP contribution in [0.25, 0.3) is 0 Å². The summed E-state index contributed by atoms with van der Waals surface area (Å²) in [7, 11) is 3.27. The molecule has 6 nitrogen and oxygen atoms in total. The number of aromatic carboxylic acids is 1. The van der Waals surface area contributed by atoms with Crippen LogP contribution in [0.2, 0.25) is 0 Å². The van der Waals surface area contributed by atoms with E-state index in [-0.39, 0.29) is 11.6 Å². The molecule has 0 saturated carbocycles. The molecule has 1 aliphatic heterocycles. The van der Waals surface area contributed by atoms with E-state index in [2.05, 4.69) is 4.98 Å². The van der Waals surface area contributed by atoms with Gasteiger partial charge < -0.3 is 19.1 Å². The maximum atomic E-state index is 11.0. The zero-order chi connectivity index (χ0) is 15.7. The molecular formula is C16H18N2O4. The molecule has 0 amide bonds. The van der Waals surface area contributed by atoms with Gasteiger partial charge in [0.15, 0.2) is 5.69 Å². The van der Waals surface area contributed by atoms with Crippen LogP contribution in [-0.2, 0) is 13.0 Å². The highest BCUT2D eigenvalue weighted by Gasteiger charge is 2.25. The second-order valence-electron chi connectivity index (χ2n) is 5.34. The number of methoxy groups -OCH3 is 2. The molecule has 2 heterocycles. The molecule has 3 rings (SSSR count). The van der Waals surface area contributed by atoms with E-state index in [1.165, 1.54) is 0 Å². The number of carbonyl (C=O) groups is 1. The summed E-state index contributed by atoms with van der Waals surface area (Å²) >= 11 is 0. The summed E-state index contributed by atoms with van der Waals surface area (Å²) in [5, 5.41) is 9.05. The number of carboxylic acid groups (broad SMARTS) is 1. The summed E-state index contributed by atoms with van der Waals surface area (Å²) in [6.07, 6.45) is 3.28. The van der Waals surface area contributed by atoms with Crippen molar-refractivity contribution >= 4 is 5.97 Å². The highest BCUT2D eigenvalue weighted by Crippen LogP contribution is 2.36.